The van der Waals surface area contributed by atoms with Gasteiger partial charge in [0.25, 0.3) is 0 Å². The van der Waals surface area contributed by atoms with Crippen LogP contribution in [0.1, 0.15) is 16.1 Å². The number of carbonyl (C=O) groups excluding carboxylic acids is 1. The predicted octanol–water partition coefficient (Wildman–Crippen LogP) is 2.19. The standard InChI is InChI=1S/C10H9BrN2O2/c1-6-9(11)13-4-3-7(10(14)15-2)5-8(13)12-6/h3-5H,1-2H3. The van der Waals surface area contributed by atoms with Gasteiger partial charge in [0, 0.05) is 6.20 Å². The monoisotopic (exact) mass is 268 g/mol. The van der Waals surface area contributed by atoms with Crippen molar-refractivity contribution in [3.63, 3.8) is 0 Å². The summed E-state index contributed by atoms with van der Waals surface area (Å²) >= 11 is 3.41. The van der Waals surface area contributed by atoms with Crippen molar-refractivity contribution < 1.29 is 9.53 Å². The highest BCUT2D eigenvalue weighted by molar-refractivity contribution is 9.10. The van der Waals surface area contributed by atoms with Gasteiger partial charge in [-0.2, -0.15) is 0 Å². The summed E-state index contributed by atoms with van der Waals surface area (Å²) in [4.78, 5) is 15.6. The number of fused-ring (bicyclic) bond motifs is 1. The van der Waals surface area contributed by atoms with Crippen LogP contribution in [0.4, 0.5) is 0 Å². The van der Waals surface area contributed by atoms with Gasteiger partial charge in [-0.25, -0.2) is 9.78 Å². The third-order valence-electron chi connectivity index (χ3n) is 2.15. The summed E-state index contributed by atoms with van der Waals surface area (Å²) in [5, 5.41) is 0. The van der Waals surface area contributed by atoms with Crippen molar-refractivity contribution in [3.8, 4) is 0 Å². The first-order valence-electron chi connectivity index (χ1n) is 4.36. The zero-order valence-electron chi connectivity index (χ0n) is 8.32. The minimum atomic E-state index is -0.353. The quantitative estimate of drug-likeness (QED) is 0.745. The Hall–Kier alpha value is -1.36. The molecule has 0 aromatic carbocycles. The molecule has 2 aromatic rings. The topological polar surface area (TPSA) is 43.6 Å². The van der Waals surface area contributed by atoms with E-state index in [9.17, 15) is 4.79 Å². The van der Waals surface area contributed by atoms with Gasteiger partial charge in [-0.3, -0.25) is 4.40 Å². The summed E-state index contributed by atoms with van der Waals surface area (Å²) in [7, 11) is 1.36. The molecule has 2 aromatic heterocycles. The van der Waals surface area contributed by atoms with Gasteiger partial charge < -0.3 is 4.74 Å². The van der Waals surface area contributed by atoms with Crippen LogP contribution >= 0.6 is 15.9 Å². The van der Waals surface area contributed by atoms with E-state index < -0.39 is 0 Å². The van der Waals surface area contributed by atoms with Crippen LogP contribution in [0.5, 0.6) is 0 Å². The van der Waals surface area contributed by atoms with Crippen molar-refractivity contribution in [2.24, 2.45) is 0 Å². The molecular weight excluding hydrogens is 260 g/mol. The van der Waals surface area contributed by atoms with E-state index in [0.717, 1.165) is 15.9 Å². The second kappa shape index (κ2) is 3.66. The summed E-state index contributed by atoms with van der Waals surface area (Å²) in [6.07, 6.45) is 1.78. The van der Waals surface area contributed by atoms with E-state index in [1.165, 1.54) is 7.11 Å². The highest BCUT2D eigenvalue weighted by atomic mass is 79.9. The van der Waals surface area contributed by atoms with Gasteiger partial charge in [0.05, 0.1) is 18.4 Å². The first-order valence-corrected chi connectivity index (χ1v) is 5.15. The fraction of sp³-hybridized carbons (Fsp3) is 0.200. The van der Waals surface area contributed by atoms with Crippen molar-refractivity contribution in [3.05, 3.63) is 34.2 Å². The second-order valence-corrected chi connectivity index (χ2v) is 3.87. The van der Waals surface area contributed by atoms with Crippen molar-refractivity contribution in [2.75, 3.05) is 7.11 Å². The minimum absolute atomic E-state index is 0.353. The smallest absolute Gasteiger partial charge is 0.338 e. The van der Waals surface area contributed by atoms with Crippen LogP contribution in [0.15, 0.2) is 22.9 Å². The lowest BCUT2D eigenvalue weighted by atomic mass is 10.3. The Morgan fingerprint density at radius 1 is 1.60 bits per heavy atom. The molecule has 2 rings (SSSR count). The Kier molecular flexibility index (Phi) is 2.48. The normalized spacial score (nSPS) is 10.6. The summed E-state index contributed by atoms with van der Waals surface area (Å²) in [5.74, 6) is -0.353. The van der Waals surface area contributed by atoms with Gasteiger partial charge in [-0.1, -0.05) is 0 Å². The number of rotatable bonds is 1. The fourth-order valence-corrected chi connectivity index (χ4v) is 1.77. The van der Waals surface area contributed by atoms with Crippen molar-refractivity contribution in [1.82, 2.24) is 9.38 Å². The number of halogens is 1. The Morgan fingerprint density at radius 3 is 3.00 bits per heavy atom. The molecule has 0 saturated carbocycles. The van der Waals surface area contributed by atoms with Gasteiger partial charge in [0.1, 0.15) is 10.3 Å². The number of methoxy groups -OCH3 is 1. The van der Waals surface area contributed by atoms with Gasteiger partial charge in [-0.15, -0.1) is 0 Å². The first kappa shape index (κ1) is 10.2. The van der Waals surface area contributed by atoms with E-state index in [-0.39, 0.29) is 5.97 Å². The van der Waals surface area contributed by atoms with E-state index in [4.69, 9.17) is 0 Å². The number of esters is 1. The average molecular weight is 269 g/mol. The van der Waals surface area contributed by atoms with Crippen LogP contribution in [0.3, 0.4) is 0 Å². The minimum Gasteiger partial charge on any atom is -0.465 e. The number of aromatic nitrogens is 2. The molecule has 0 saturated heterocycles. The van der Waals surface area contributed by atoms with Crippen LogP contribution in [0, 0.1) is 6.92 Å². The number of pyridine rings is 1. The molecule has 0 aliphatic heterocycles. The van der Waals surface area contributed by atoms with E-state index >= 15 is 0 Å². The Morgan fingerprint density at radius 2 is 2.33 bits per heavy atom. The molecule has 0 fully saturated rings. The van der Waals surface area contributed by atoms with E-state index in [2.05, 4.69) is 25.7 Å². The summed E-state index contributed by atoms with van der Waals surface area (Å²) < 4.78 is 7.39. The zero-order valence-corrected chi connectivity index (χ0v) is 9.91. The largest absolute Gasteiger partial charge is 0.465 e. The predicted molar refractivity (Wildman–Crippen MR) is 59.0 cm³/mol. The molecule has 0 radical (unpaired) electrons. The number of imidazole rings is 1. The molecule has 5 heteroatoms. The lowest BCUT2D eigenvalue weighted by Crippen LogP contribution is -2.01. The molecule has 0 unspecified atom stereocenters. The molecule has 0 aliphatic carbocycles. The molecule has 15 heavy (non-hydrogen) atoms. The lowest BCUT2D eigenvalue weighted by Gasteiger charge is -1.99. The molecule has 0 N–H and O–H groups in total. The molecule has 0 bridgehead atoms. The first-order chi connectivity index (χ1) is 7.13. The maximum Gasteiger partial charge on any atom is 0.338 e. The molecular formula is C10H9BrN2O2. The number of ether oxygens (including phenoxy) is 1. The summed E-state index contributed by atoms with van der Waals surface area (Å²) in [6, 6.07) is 3.40. The third-order valence-corrected chi connectivity index (χ3v) is 3.10. The molecule has 0 atom stereocenters. The number of hydrogen-bond acceptors (Lipinski definition) is 3. The fourth-order valence-electron chi connectivity index (χ4n) is 1.38. The zero-order chi connectivity index (χ0) is 11.0. The van der Waals surface area contributed by atoms with Gasteiger partial charge in [0.15, 0.2) is 0 Å². The number of aryl methyl sites for hydroxylation is 1. The maximum atomic E-state index is 11.3. The van der Waals surface area contributed by atoms with Gasteiger partial charge >= 0.3 is 5.97 Å². The van der Waals surface area contributed by atoms with Crippen molar-refractivity contribution in [1.29, 1.82) is 0 Å². The van der Waals surface area contributed by atoms with E-state index in [1.54, 1.807) is 18.3 Å². The molecule has 0 aliphatic rings. The van der Waals surface area contributed by atoms with Crippen molar-refractivity contribution in [2.45, 2.75) is 6.92 Å². The number of hydrogen-bond donors (Lipinski definition) is 0. The lowest BCUT2D eigenvalue weighted by molar-refractivity contribution is 0.0600. The Balaban J connectivity index is 2.62. The highest BCUT2D eigenvalue weighted by Crippen LogP contribution is 2.18. The molecule has 4 nitrogen and oxygen atoms in total. The number of nitrogens with zero attached hydrogens (tertiary/aromatic N) is 2. The molecule has 78 valence electrons. The van der Waals surface area contributed by atoms with Gasteiger partial charge in [-0.05, 0) is 35.0 Å². The molecule has 0 amide bonds. The highest BCUT2D eigenvalue weighted by Gasteiger charge is 2.09. The third kappa shape index (κ3) is 1.63. The Labute approximate surface area is 95.0 Å². The van der Waals surface area contributed by atoms with Crippen LogP contribution in [0.25, 0.3) is 5.65 Å². The van der Waals surface area contributed by atoms with Crippen LogP contribution < -0.4 is 0 Å². The molecule has 0 spiro atoms. The average Bonchev–Trinajstić information content (AvgIpc) is 2.53. The number of carbonyl (C=O) groups is 1. The van der Waals surface area contributed by atoms with Crippen LogP contribution in [-0.2, 0) is 4.74 Å². The van der Waals surface area contributed by atoms with Crippen LogP contribution in [-0.4, -0.2) is 22.5 Å². The summed E-state index contributed by atoms with van der Waals surface area (Å²) in [6.45, 7) is 1.90. The van der Waals surface area contributed by atoms with Crippen molar-refractivity contribution >= 4 is 27.5 Å². The van der Waals surface area contributed by atoms with Crippen LogP contribution in [0.2, 0.25) is 0 Å². The van der Waals surface area contributed by atoms with Gasteiger partial charge in [0.2, 0.25) is 0 Å². The van der Waals surface area contributed by atoms with E-state index in [0.29, 0.717) is 5.56 Å². The molecule has 2 heterocycles. The van der Waals surface area contributed by atoms with E-state index in [1.807, 2.05) is 11.3 Å². The maximum absolute atomic E-state index is 11.3. The summed E-state index contributed by atoms with van der Waals surface area (Å²) in [5.41, 5.74) is 2.11. The second-order valence-electron chi connectivity index (χ2n) is 3.12. The Bertz CT molecular complexity index is 533. The SMILES string of the molecule is COC(=O)c1ccn2c(Br)c(C)nc2c1.